The molecule has 0 saturated carbocycles. The Morgan fingerprint density at radius 3 is 2.30 bits per heavy atom. The van der Waals surface area contributed by atoms with Gasteiger partial charge in [-0.1, -0.05) is 65.7 Å². The predicted molar refractivity (Wildman–Crippen MR) is 120 cm³/mol. The summed E-state index contributed by atoms with van der Waals surface area (Å²) >= 11 is 6.14. The number of nitrogens with one attached hydrogen (secondary N) is 1. The molecule has 0 aliphatic carbocycles. The summed E-state index contributed by atoms with van der Waals surface area (Å²) in [4.78, 5) is 12.8. The molecule has 0 aromatic heterocycles. The summed E-state index contributed by atoms with van der Waals surface area (Å²) in [6.45, 7) is 3.64. The summed E-state index contributed by atoms with van der Waals surface area (Å²) in [6.07, 6.45) is 0. The lowest BCUT2D eigenvalue weighted by molar-refractivity contribution is -0.119. The van der Waals surface area contributed by atoms with Crippen LogP contribution in [0.1, 0.15) is 16.7 Å². The Hall–Kier alpha value is -2.83. The number of rotatable bonds is 7. The molecule has 1 amide bonds. The van der Waals surface area contributed by atoms with Crippen molar-refractivity contribution in [2.24, 2.45) is 0 Å². The first kappa shape index (κ1) is 21.9. The van der Waals surface area contributed by atoms with Crippen LogP contribution >= 0.6 is 11.6 Å². The number of nitrogens with zero attached hydrogens (tertiary/aromatic N) is 1. The van der Waals surface area contributed by atoms with Gasteiger partial charge in [-0.3, -0.25) is 9.10 Å². The minimum Gasteiger partial charge on any atom is -0.350 e. The summed E-state index contributed by atoms with van der Waals surface area (Å²) < 4.78 is 27.9. The van der Waals surface area contributed by atoms with Crippen LogP contribution in [0.3, 0.4) is 0 Å². The van der Waals surface area contributed by atoms with E-state index in [9.17, 15) is 13.2 Å². The Morgan fingerprint density at radius 2 is 1.63 bits per heavy atom. The summed E-state index contributed by atoms with van der Waals surface area (Å²) in [5.74, 6) is -0.422. The zero-order valence-electron chi connectivity index (χ0n) is 16.8. The van der Waals surface area contributed by atoms with Crippen molar-refractivity contribution in [2.75, 3.05) is 10.8 Å². The van der Waals surface area contributed by atoms with Gasteiger partial charge in [0.2, 0.25) is 5.91 Å². The minimum absolute atomic E-state index is 0.129. The van der Waals surface area contributed by atoms with Gasteiger partial charge < -0.3 is 5.32 Å². The van der Waals surface area contributed by atoms with Crippen molar-refractivity contribution >= 4 is 33.2 Å². The van der Waals surface area contributed by atoms with E-state index in [1.807, 2.05) is 44.2 Å². The zero-order chi connectivity index (χ0) is 21.7. The zero-order valence-corrected chi connectivity index (χ0v) is 18.4. The molecule has 7 heteroatoms. The normalized spacial score (nSPS) is 11.2. The number of carbonyl (C=O) groups is 1. The van der Waals surface area contributed by atoms with Crippen LogP contribution in [0.25, 0.3) is 0 Å². The maximum Gasteiger partial charge on any atom is 0.264 e. The number of aryl methyl sites for hydroxylation is 2. The van der Waals surface area contributed by atoms with Gasteiger partial charge in [0.25, 0.3) is 10.0 Å². The highest BCUT2D eigenvalue weighted by atomic mass is 35.5. The Balaban J connectivity index is 1.90. The summed E-state index contributed by atoms with van der Waals surface area (Å²) in [6, 6.07) is 20.7. The number of hydrogen-bond acceptors (Lipinski definition) is 3. The van der Waals surface area contributed by atoms with Crippen LogP contribution in [0.2, 0.25) is 5.02 Å². The van der Waals surface area contributed by atoms with Crippen molar-refractivity contribution in [1.82, 2.24) is 5.32 Å². The smallest absolute Gasteiger partial charge is 0.264 e. The molecule has 30 heavy (non-hydrogen) atoms. The van der Waals surface area contributed by atoms with Crippen LogP contribution in [-0.4, -0.2) is 20.9 Å². The average molecular weight is 443 g/mol. The Bertz CT molecular complexity index is 1150. The number of carbonyl (C=O) groups excluding carboxylic acids is 1. The van der Waals surface area contributed by atoms with Crippen LogP contribution in [0.5, 0.6) is 0 Å². The van der Waals surface area contributed by atoms with Crippen LogP contribution in [-0.2, 0) is 21.4 Å². The lowest BCUT2D eigenvalue weighted by Gasteiger charge is -2.26. The third-order valence-electron chi connectivity index (χ3n) is 4.67. The summed E-state index contributed by atoms with van der Waals surface area (Å²) in [5, 5.41) is 3.31. The highest BCUT2D eigenvalue weighted by Crippen LogP contribution is 2.27. The molecular weight excluding hydrogens is 420 g/mol. The molecule has 0 atom stereocenters. The molecule has 156 valence electrons. The van der Waals surface area contributed by atoms with Crippen molar-refractivity contribution in [3.05, 3.63) is 94.5 Å². The van der Waals surface area contributed by atoms with Gasteiger partial charge in [0.1, 0.15) is 6.54 Å². The topological polar surface area (TPSA) is 66.5 Å². The first-order valence-electron chi connectivity index (χ1n) is 9.44. The van der Waals surface area contributed by atoms with Gasteiger partial charge in [-0.15, -0.1) is 0 Å². The molecule has 0 spiro atoms. The molecule has 3 rings (SSSR count). The average Bonchev–Trinajstić information content (AvgIpc) is 2.72. The molecular formula is C23H23ClN2O3S. The highest BCUT2D eigenvalue weighted by Gasteiger charge is 2.28. The molecule has 0 fully saturated rings. The van der Waals surface area contributed by atoms with Gasteiger partial charge in [0.15, 0.2) is 0 Å². The molecule has 0 heterocycles. The van der Waals surface area contributed by atoms with Gasteiger partial charge in [-0.2, -0.15) is 0 Å². The summed E-state index contributed by atoms with van der Waals surface area (Å²) in [7, 11) is -3.93. The molecule has 0 radical (unpaired) electrons. The van der Waals surface area contributed by atoms with E-state index in [4.69, 9.17) is 11.6 Å². The number of anilines is 1. The van der Waals surface area contributed by atoms with E-state index < -0.39 is 15.9 Å². The van der Waals surface area contributed by atoms with Gasteiger partial charge in [-0.05, 0) is 49.2 Å². The largest absolute Gasteiger partial charge is 0.350 e. The molecule has 1 N–H and O–H groups in total. The van der Waals surface area contributed by atoms with Crippen LogP contribution in [0.4, 0.5) is 5.69 Å². The molecule has 0 bridgehead atoms. The van der Waals surface area contributed by atoms with E-state index >= 15 is 0 Å². The van der Waals surface area contributed by atoms with Crippen molar-refractivity contribution in [1.29, 1.82) is 0 Å². The molecule has 5 nitrogen and oxygen atoms in total. The second kappa shape index (κ2) is 9.32. The SMILES string of the molecule is Cc1ccc(N(CC(=O)NCc2ccccc2Cl)S(=O)(=O)c2ccccc2)c(C)c1. The van der Waals surface area contributed by atoms with E-state index in [2.05, 4.69) is 5.32 Å². The van der Waals surface area contributed by atoms with Gasteiger partial charge in [0.05, 0.1) is 10.6 Å². The molecule has 0 aliphatic rings. The van der Waals surface area contributed by atoms with E-state index in [1.54, 1.807) is 30.3 Å². The third-order valence-corrected chi connectivity index (χ3v) is 6.82. The van der Waals surface area contributed by atoms with Crippen molar-refractivity contribution in [3.8, 4) is 0 Å². The lowest BCUT2D eigenvalue weighted by Crippen LogP contribution is -2.41. The molecule has 0 saturated heterocycles. The van der Waals surface area contributed by atoms with Crippen LogP contribution in [0, 0.1) is 13.8 Å². The maximum atomic E-state index is 13.4. The monoisotopic (exact) mass is 442 g/mol. The van der Waals surface area contributed by atoms with Crippen molar-refractivity contribution < 1.29 is 13.2 Å². The van der Waals surface area contributed by atoms with Crippen LogP contribution < -0.4 is 9.62 Å². The maximum absolute atomic E-state index is 13.4. The fraction of sp³-hybridized carbons (Fsp3) is 0.174. The first-order valence-corrected chi connectivity index (χ1v) is 11.3. The molecule has 0 aliphatic heterocycles. The third kappa shape index (κ3) is 5.01. The fourth-order valence-electron chi connectivity index (χ4n) is 3.13. The number of sulfonamides is 1. The number of benzene rings is 3. The second-order valence-corrected chi connectivity index (χ2v) is 9.25. The quantitative estimate of drug-likeness (QED) is 0.587. The van der Waals surface area contributed by atoms with Gasteiger partial charge >= 0.3 is 0 Å². The number of halogens is 1. The van der Waals surface area contributed by atoms with E-state index in [0.717, 1.165) is 21.0 Å². The van der Waals surface area contributed by atoms with Crippen molar-refractivity contribution in [2.45, 2.75) is 25.3 Å². The molecule has 3 aromatic rings. The van der Waals surface area contributed by atoms with Crippen molar-refractivity contribution in [3.63, 3.8) is 0 Å². The van der Waals surface area contributed by atoms with Gasteiger partial charge in [-0.25, -0.2) is 8.42 Å². The Morgan fingerprint density at radius 1 is 0.967 bits per heavy atom. The number of hydrogen-bond donors (Lipinski definition) is 1. The Kier molecular flexibility index (Phi) is 6.80. The molecule has 3 aromatic carbocycles. The van der Waals surface area contributed by atoms with E-state index in [1.165, 1.54) is 12.1 Å². The fourth-order valence-corrected chi connectivity index (χ4v) is 4.84. The highest BCUT2D eigenvalue weighted by molar-refractivity contribution is 7.92. The number of amides is 1. The van der Waals surface area contributed by atoms with Gasteiger partial charge in [0, 0.05) is 11.6 Å². The standard InChI is InChI=1S/C23H23ClN2O3S/c1-17-12-13-22(18(2)14-17)26(30(28,29)20-9-4-3-5-10-20)16-23(27)25-15-19-8-6-7-11-21(19)24/h3-14H,15-16H2,1-2H3,(H,25,27). The second-order valence-electron chi connectivity index (χ2n) is 6.98. The first-order chi connectivity index (χ1) is 14.3. The minimum atomic E-state index is -3.93. The lowest BCUT2D eigenvalue weighted by atomic mass is 10.1. The van der Waals surface area contributed by atoms with Crippen LogP contribution in [0.15, 0.2) is 77.7 Å². The predicted octanol–water partition coefficient (Wildman–Crippen LogP) is 4.47. The van der Waals surface area contributed by atoms with E-state index in [-0.39, 0.29) is 18.0 Å². The Labute approximate surface area is 182 Å². The van der Waals surface area contributed by atoms with E-state index in [0.29, 0.717) is 10.7 Å². The molecule has 0 unspecified atom stereocenters. The summed E-state index contributed by atoms with van der Waals surface area (Å²) in [5.41, 5.74) is 3.01.